The predicted octanol–water partition coefficient (Wildman–Crippen LogP) is 5.19. The summed E-state index contributed by atoms with van der Waals surface area (Å²) < 4.78 is 1.88. The average molecular weight is 447 g/mol. The number of benzene rings is 2. The molecular formula is C25H26N4O2S. The standard InChI is InChI=1S/C25H26N4O2S/c1-4-14-28(16-23(30)26-21-13-9-8-10-17(21)2)24(31)22-15-20-18(3)27-29(25(20)32-22)19-11-6-5-7-12-19/h5-13,15H,4,14,16H2,1-3H3,(H,26,30). The van der Waals surface area contributed by atoms with E-state index in [1.165, 1.54) is 11.3 Å². The van der Waals surface area contributed by atoms with Gasteiger partial charge in [0.25, 0.3) is 5.91 Å². The molecule has 0 unspecified atom stereocenters. The molecule has 7 heteroatoms. The van der Waals surface area contributed by atoms with Crippen LogP contribution in [0.5, 0.6) is 0 Å². The van der Waals surface area contributed by atoms with Crippen molar-refractivity contribution in [3.05, 3.63) is 76.8 Å². The van der Waals surface area contributed by atoms with E-state index >= 15 is 0 Å². The number of hydrogen-bond acceptors (Lipinski definition) is 4. The Kier molecular flexibility index (Phi) is 6.37. The van der Waals surface area contributed by atoms with Crippen molar-refractivity contribution in [2.45, 2.75) is 27.2 Å². The van der Waals surface area contributed by atoms with Crippen LogP contribution in [0.1, 0.15) is 34.3 Å². The van der Waals surface area contributed by atoms with Crippen molar-refractivity contribution < 1.29 is 9.59 Å². The zero-order valence-corrected chi connectivity index (χ0v) is 19.3. The molecule has 0 bridgehead atoms. The fourth-order valence-electron chi connectivity index (χ4n) is 3.65. The molecule has 0 fully saturated rings. The van der Waals surface area contributed by atoms with Crippen LogP contribution in [0.3, 0.4) is 0 Å². The van der Waals surface area contributed by atoms with Crippen molar-refractivity contribution in [2.24, 2.45) is 0 Å². The van der Waals surface area contributed by atoms with Gasteiger partial charge < -0.3 is 10.2 Å². The number of anilines is 1. The largest absolute Gasteiger partial charge is 0.329 e. The fourth-order valence-corrected chi connectivity index (χ4v) is 4.80. The van der Waals surface area contributed by atoms with Crippen LogP contribution in [0.25, 0.3) is 15.9 Å². The van der Waals surface area contributed by atoms with Gasteiger partial charge in [-0.05, 0) is 50.1 Å². The second kappa shape index (κ2) is 9.36. The highest BCUT2D eigenvalue weighted by atomic mass is 32.1. The number of thiophene rings is 1. The van der Waals surface area contributed by atoms with Crippen molar-refractivity contribution in [1.29, 1.82) is 0 Å². The van der Waals surface area contributed by atoms with E-state index in [9.17, 15) is 9.59 Å². The Labute approximate surface area is 191 Å². The number of carbonyl (C=O) groups is 2. The fraction of sp³-hybridized carbons (Fsp3) is 0.240. The van der Waals surface area contributed by atoms with Crippen LogP contribution in [0.15, 0.2) is 60.7 Å². The molecule has 2 aromatic carbocycles. The van der Waals surface area contributed by atoms with Gasteiger partial charge in [0.2, 0.25) is 5.91 Å². The molecular weight excluding hydrogens is 420 g/mol. The van der Waals surface area contributed by atoms with Gasteiger partial charge in [-0.2, -0.15) is 5.10 Å². The smallest absolute Gasteiger partial charge is 0.264 e. The third kappa shape index (κ3) is 4.43. The Balaban J connectivity index is 1.58. The Bertz CT molecular complexity index is 1260. The second-order valence-electron chi connectivity index (χ2n) is 7.75. The molecule has 0 atom stereocenters. The number of carbonyl (C=O) groups excluding carboxylic acids is 2. The zero-order valence-electron chi connectivity index (χ0n) is 18.5. The summed E-state index contributed by atoms with van der Waals surface area (Å²) in [6.45, 7) is 6.42. The van der Waals surface area contributed by atoms with Crippen molar-refractivity contribution in [1.82, 2.24) is 14.7 Å². The summed E-state index contributed by atoms with van der Waals surface area (Å²) in [6, 6.07) is 19.4. The molecule has 0 aliphatic heterocycles. The highest BCUT2D eigenvalue weighted by Gasteiger charge is 2.23. The summed E-state index contributed by atoms with van der Waals surface area (Å²) in [4.78, 5) is 29.2. The first-order valence-electron chi connectivity index (χ1n) is 10.7. The maximum absolute atomic E-state index is 13.3. The average Bonchev–Trinajstić information content (AvgIpc) is 3.36. The van der Waals surface area contributed by atoms with Gasteiger partial charge in [-0.3, -0.25) is 9.59 Å². The lowest BCUT2D eigenvalue weighted by molar-refractivity contribution is -0.116. The Hall–Kier alpha value is -3.45. The quantitative estimate of drug-likeness (QED) is 0.425. The highest BCUT2D eigenvalue weighted by molar-refractivity contribution is 7.20. The molecule has 2 amide bonds. The minimum atomic E-state index is -0.200. The van der Waals surface area contributed by atoms with E-state index in [2.05, 4.69) is 10.4 Å². The van der Waals surface area contributed by atoms with E-state index in [1.54, 1.807) is 4.90 Å². The number of aromatic nitrogens is 2. The van der Waals surface area contributed by atoms with Crippen LogP contribution in [-0.2, 0) is 4.79 Å². The number of aryl methyl sites for hydroxylation is 2. The minimum Gasteiger partial charge on any atom is -0.329 e. The maximum Gasteiger partial charge on any atom is 0.264 e. The van der Waals surface area contributed by atoms with Gasteiger partial charge >= 0.3 is 0 Å². The van der Waals surface area contributed by atoms with Gasteiger partial charge in [-0.1, -0.05) is 43.3 Å². The summed E-state index contributed by atoms with van der Waals surface area (Å²) in [5, 5.41) is 8.53. The van der Waals surface area contributed by atoms with Crippen LogP contribution in [0.4, 0.5) is 5.69 Å². The van der Waals surface area contributed by atoms with E-state index in [0.29, 0.717) is 11.4 Å². The predicted molar refractivity (Wildman–Crippen MR) is 130 cm³/mol. The molecule has 0 spiro atoms. The van der Waals surface area contributed by atoms with Crippen LogP contribution < -0.4 is 5.32 Å². The lowest BCUT2D eigenvalue weighted by Crippen LogP contribution is -2.38. The molecule has 2 heterocycles. The molecule has 0 radical (unpaired) electrons. The molecule has 164 valence electrons. The van der Waals surface area contributed by atoms with Gasteiger partial charge in [0.05, 0.1) is 16.3 Å². The number of nitrogens with zero attached hydrogens (tertiary/aromatic N) is 3. The Morgan fingerprint density at radius 3 is 2.50 bits per heavy atom. The number of amides is 2. The number of rotatable bonds is 7. The summed E-state index contributed by atoms with van der Waals surface area (Å²) in [7, 11) is 0. The first-order valence-corrected chi connectivity index (χ1v) is 11.5. The van der Waals surface area contributed by atoms with Gasteiger partial charge in [0.15, 0.2) is 0 Å². The van der Waals surface area contributed by atoms with Crippen LogP contribution in [-0.4, -0.2) is 39.6 Å². The lowest BCUT2D eigenvalue weighted by atomic mass is 10.2. The summed E-state index contributed by atoms with van der Waals surface area (Å²) in [5.41, 5.74) is 3.58. The van der Waals surface area contributed by atoms with E-state index in [0.717, 1.165) is 39.3 Å². The summed E-state index contributed by atoms with van der Waals surface area (Å²) in [6.07, 6.45) is 0.769. The van der Waals surface area contributed by atoms with Crippen molar-refractivity contribution >= 4 is 39.1 Å². The molecule has 0 aliphatic carbocycles. The van der Waals surface area contributed by atoms with Crippen LogP contribution in [0, 0.1) is 13.8 Å². The number of fused-ring (bicyclic) bond motifs is 1. The molecule has 0 aliphatic rings. The minimum absolute atomic E-state index is 0.0129. The van der Waals surface area contributed by atoms with Gasteiger partial charge in [0.1, 0.15) is 11.4 Å². The molecule has 0 saturated carbocycles. The Morgan fingerprint density at radius 1 is 1.06 bits per heavy atom. The van der Waals surface area contributed by atoms with E-state index in [4.69, 9.17) is 0 Å². The first kappa shape index (κ1) is 21.8. The third-order valence-electron chi connectivity index (χ3n) is 5.29. The molecule has 32 heavy (non-hydrogen) atoms. The molecule has 2 aromatic heterocycles. The van der Waals surface area contributed by atoms with E-state index in [-0.39, 0.29) is 18.4 Å². The highest BCUT2D eigenvalue weighted by Crippen LogP contribution is 2.31. The monoisotopic (exact) mass is 446 g/mol. The molecule has 6 nitrogen and oxygen atoms in total. The molecule has 1 N–H and O–H groups in total. The molecule has 4 aromatic rings. The zero-order chi connectivity index (χ0) is 22.7. The normalized spacial score (nSPS) is 11.0. The third-order valence-corrected chi connectivity index (χ3v) is 6.39. The maximum atomic E-state index is 13.3. The number of para-hydroxylation sites is 2. The Morgan fingerprint density at radius 2 is 1.78 bits per heavy atom. The van der Waals surface area contributed by atoms with Crippen molar-refractivity contribution in [2.75, 3.05) is 18.4 Å². The number of hydrogen-bond donors (Lipinski definition) is 1. The second-order valence-corrected chi connectivity index (χ2v) is 8.78. The van der Waals surface area contributed by atoms with E-state index < -0.39 is 0 Å². The van der Waals surface area contributed by atoms with Crippen LogP contribution in [0.2, 0.25) is 0 Å². The first-order chi connectivity index (χ1) is 15.5. The topological polar surface area (TPSA) is 67.2 Å². The van der Waals surface area contributed by atoms with Gasteiger partial charge in [-0.15, -0.1) is 11.3 Å². The molecule has 4 rings (SSSR count). The summed E-state index contributed by atoms with van der Waals surface area (Å²) >= 11 is 1.41. The van der Waals surface area contributed by atoms with Gasteiger partial charge in [-0.25, -0.2) is 4.68 Å². The van der Waals surface area contributed by atoms with E-state index in [1.807, 2.05) is 86.1 Å². The molecule has 0 saturated heterocycles. The van der Waals surface area contributed by atoms with Gasteiger partial charge in [0, 0.05) is 17.6 Å². The van der Waals surface area contributed by atoms with Crippen molar-refractivity contribution in [3.63, 3.8) is 0 Å². The van der Waals surface area contributed by atoms with Crippen LogP contribution >= 0.6 is 11.3 Å². The van der Waals surface area contributed by atoms with Crippen molar-refractivity contribution in [3.8, 4) is 5.69 Å². The number of nitrogens with one attached hydrogen (secondary N) is 1. The SMILES string of the molecule is CCCN(CC(=O)Nc1ccccc1C)C(=O)c1cc2c(C)nn(-c3ccccc3)c2s1. The summed E-state index contributed by atoms with van der Waals surface area (Å²) in [5.74, 6) is -0.333. The lowest BCUT2D eigenvalue weighted by Gasteiger charge is -2.21.